The van der Waals surface area contributed by atoms with Crippen LogP contribution >= 0.6 is 27.5 Å². The number of benzene rings is 1. The van der Waals surface area contributed by atoms with Gasteiger partial charge in [-0.15, -0.1) is 0 Å². The number of aromatic nitrogens is 2. The topological polar surface area (TPSA) is 47.0 Å². The van der Waals surface area contributed by atoms with Gasteiger partial charge in [0.15, 0.2) is 0 Å². The number of halogens is 2. The lowest BCUT2D eigenvalue weighted by atomic mass is 10.3. The zero-order chi connectivity index (χ0) is 13.0. The second kappa shape index (κ2) is 6.02. The van der Waals surface area contributed by atoms with Crippen molar-refractivity contribution in [3.8, 4) is 5.75 Å². The van der Waals surface area contributed by atoms with Crippen LogP contribution in [0.1, 0.15) is 5.69 Å². The zero-order valence-corrected chi connectivity index (χ0v) is 12.0. The minimum Gasteiger partial charge on any atom is -0.486 e. The molecule has 0 radical (unpaired) electrons. The molecule has 0 atom stereocenters. The van der Waals surface area contributed by atoms with Crippen LogP contribution in [-0.4, -0.2) is 17.0 Å². The van der Waals surface area contributed by atoms with Crippen molar-refractivity contribution in [1.82, 2.24) is 9.97 Å². The minimum absolute atomic E-state index is 0.346. The number of ether oxygens (including phenoxy) is 1. The number of rotatable bonds is 4. The van der Waals surface area contributed by atoms with Gasteiger partial charge in [0.25, 0.3) is 0 Å². The first-order valence-electron chi connectivity index (χ1n) is 5.26. The standard InChI is InChI=1S/C12H11BrClN3O/c1-15-12-16-5-4-9(17-12)7-18-11-3-2-8(13)6-10(11)14/h2-6H,7H2,1H3,(H,15,16,17). The Kier molecular flexibility index (Phi) is 4.38. The third-order valence-electron chi connectivity index (χ3n) is 2.21. The summed E-state index contributed by atoms with van der Waals surface area (Å²) in [6.45, 7) is 0.346. The first-order valence-corrected chi connectivity index (χ1v) is 6.43. The highest BCUT2D eigenvalue weighted by atomic mass is 79.9. The predicted molar refractivity (Wildman–Crippen MR) is 75.1 cm³/mol. The molecule has 1 aromatic carbocycles. The van der Waals surface area contributed by atoms with Crippen molar-refractivity contribution in [3.63, 3.8) is 0 Å². The predicted octanol–water partition coefficient (Wildman–Crippen LogP) is 3.51. The molecule has 0 saturated carbocycles. The van der Waals surface area contributed by atoms with E-state index in [0.29, 0.717) is 23.3 Å². The summed E-state index contributed by atoms with van der Waals surface area (Å²) in [5.41, 5.74) is 0.785. The van der Waals surface area contributed by atoms with E-state index in [4.69, 9.17) is 16.3 Å². The molecule has 0 spiro atoms. The molecule has 6 heteroatoms. The number of nitrogens with zero attached hydrogens (tertiary/aromatic N) is 2. The van der Waals surface area contributed by atoms with Crippen LogP contribution in [-0.2, 0) is 6.61 Å². The van der Waals surface area contributed by atoms with Crippen molar-refractivity contribution in [2.24, 2.45) is 0 Å². The van der Waals surface area contributed by atoms with E-state index in [0.717, 1.165) is 10.2 Å². The third kappa shape index (κ3) is 3.34. The highest BCUT2D eigenvalue weighted by molar-refractivity contribution is 9.10. The molecular formula is C12H11BrClN3O. The van der Waals surface area contributed by atoms with E-state index >= 15 is 0 Å². The second-order valence-corrected chi connectivity index (χ2v) is 4.81. The monoisotopic (exact) mass is 327 g/mol. The Hall–Kier alpha value is -1.33. The fraction of sp³-hybridized carbons (Fsp3) is 0.167. The zero-order valence-electron chi connectivity index (χ0n) is 9.65. The van der Waals surface area contributed by atoms with Crippen LogP contribution in [0.15, 0.2) is 34.9 Å². The Balaban J connectivity index is 2.06. The van der Waals surface area contributed by atoms with Crippen LogP contribution < -0.4 is 10.1 Å². The lowest BCUT2D eigenvalue weighted by molar-refractivity contribution is 0.301. The molecule has 0 aliphatic carbocycles. The van der Waals surface area contributed by atoms with Gasteiger partial charge in [0, 0.05) is 17.7 Å². The maximum atomic E-state index is 6.05. The van der Waals surface area contributed by atoms with E-state index in [1.165, 1.54) is 0 Å². The van der Waals surface area contributed by atoms with Crippen molar-refractivity contribution in [2.75, 3.05) is 12.4 Å². The van der Waals surface area contributed by atoms with Crippen LogP contribution in [0.25, 0.3) is 0 Å². The first kappa shape index (κ1) is 13.1. The van der Waals surface area contributed by atoms with Gasteiger partial charge in [0.1, 0.15) is 12.4 Å². The molecule has 0 fully saturated rings. The third-order valence-corrected chi connectivity index (χ3v) is 2.99. The lowest BCUT2D eigenvalue weighted by Gasteiger charge is -2.08. The SMILES string of the molecule is CNc1nccc(COc2ccc(Br)cc2Cl)n1. The van der Waals surface area contributed by atoms with Gasteiger partial charge < -0.3 is 10.1 Å². The number of hydrogen-bond donors (Lipinski definition) is 1. The Morgan fingerprint density at radius 1 is 1.39 bits per heavy atom. The smallest absolute Gasteiger partial charge is 0.222 e. The maximum Gasteiger partial charge on any atom is 0.222 e. The fourth-order valence-electron chi connectivity index (χ4n) is 1.34. The molecule has 94 valence electrons. The molecular weight excluding hydrogens is 318 g/mol. The molecule has 0 amide bonds. The summed E-state index contributed by atoms with van der Waals surface area (Å²) in [4.78, 5) is 8.29. The summed E-state index contributed by atoms with van der Waals surface area (Å²) in [6.07, 6.45) is 1.68. The Bertz CT molecular complexity index is 551. The van der Waals surface area contributed by atoms with Gasteiger partial charge in [0.05, 0.1) is 10.7 Å². The van der Waals surface area contributed by atoms with Crippen molar-refractivity contribution in [1.29, 1.82) is 0 Å². The van der Waals surface area contributed by atoms with E-state index in [-0.39, 0.29) is 0 Å². The average molecular weight is 329 g/mol. The molecule has 0 saturated heterocycles. The Labute approximate surface area is 118 Å². The van der Waals surface area contributed by atoms with E-state index in [1.807, 2.05) is 12.1 Å². The largest absolute Gasteiger partial charge is 0.486 e. The number of hydrogen-bond acceptors (Lipinski definition) is 4. The van der Waals surface area contributed by atoms with Gasteiger partial charge in [-0.05, 0) is 24.3 Å². The van der Waals surface area contributed by atoms with Crippen LogP contribution in [0.3, 0.4) is 0 Å². The molecule has 1 heterocycles. The highest BCUT2D eigenvalue weighted by Gasteiger charge is 2.04. The molecule has 2 aromatic rings. The molecule has 0 aliphatic rings. The molecule has 18 heavy (non-hydrogen) atoms. The molecule has 1 N–H and O–H groups in total. The first-order chi connectivity index (χ1) is 8.69. The summed E-state index contributed by atoms with van der Waals surface area (Å²) in [6, 6.07) is 7.27. The summed E-state index contributed by atoms with van der Waals surface area (Å²) in [7, 11) is 1.77. The van der Waals surface area contributed by atoms with Gasteiger partial charge >= 0.3 is 0 Å². The van der Waals surface area contributed by atoms with Gasteiger partial charge in [-0.2, -0.15) is 0 Å². The summed E-state index contributed by atoms with van der Waals surface area (Å²) >= 11 is 9.40. The fourth-order valence-corrected chi connectivity index (χ4v) is 2.07. The van der Waals surface area contributed by atoms with Crippen molar-refractivity contribution < 1.29 is 4.74 Å². The summed E-state index contributed by atoms with van der Waals surface area (Å²) < 4.78 is 6.52. The summed E-state index contributed by atoms with van der Waals surface area (Å²) in [5, 5.41) is 3.44. The van der Waals surface area contributed by atoms with E-state index in [9.17, 15) is 0 Å². The molecule has 4 nitrogen and oxygen atoms in total. The number of nitrogens with one attached hydrogen (secondary N) is 1. The lowest BCUT2D eigenvalue weighted by Crippen LogP contribution is -2.02. The van der Waals surface area contributed by atoms with Crippen LogP contribution in [0.2, 0.25) is 5.02 Å². The van der Waals surface area contributed by atoms with Crippen LogP contribution in [0.5, 0.6) is 5.75 Å². The molecule has 2 rings (SSSR count). The van der Waals surface area contributed by atoms with Crippen molar-refractivity contribution >= 4 is 33.5 Å². The van der Waals surface area contributed by atoms with Gasteiger partial charge in [-0.1, -0.05) is 27.5 Å². The van der Waals surface area contributed by atoms with Crippen LogP contribution in [0, 0.1) is 0 Å². The van der Waals surface area contributed by atoms with E-state index in [1.54, 1.807) is 25.4 Å². The Morgan fingerprint density at radius 3 is 2.94 bits per heavy atom. The summed E-state index contributed by atoms with van der Waals surface area (Å²) in [5.74, 6) is 1.20. The Morgan fingerprint density at radius 2 is 2.22 bits per heavy atom. The minimum atomic E-state index is 0.346. The molecule has 0 unspecified atom stereocenters. The van der Waals surface area contributed by atoms with Gasteiger partial charge in [0.2, 0.25) is 5.95 Å². The molecule has 0 aliphatic heterocycles. The normalized spacial score (nSPS) is 10.2. The van der Waals surface area contributed by atoms with Crippen molar-refractivity contribution in [2.45, 2.75) is 6.61 Å². The van der Waals surface area contributed by atoms with E-state index < -0.39 is 0 Å². The maximum absolute atomic E-state index is 6.05. The van der Waals surface area contributed by atoms with Gasteiger partial charge in [-0.3, -0.25) is 0 Å². The molecule has 0 bridgehead atoms. The van der Waals surface area contributed by atoms with Crippen LogP contribution in [0.4, 0.5) is 5.95 Å². The van der Waals surface area contributed by atoms with Crippen molar-refractivity contribution in [3.05, 3.63) is 45.7 Å². The second-order valence-electron chi connectivity index (χ2n) is 3.49. The number of anilines is 1. The highest BCUT2D eigenvalue weighted by Crippen LogP contribution is 2.28. The quantitative estimate of drug-likeness (QED) is 0.933. The average Bonchev–Trinajstić information content (AvgIpc) is 2.38. The molecule has 1 aromatic heterocycles. The van der Waals surface area contributed by atoms with E-state index in [2.05, 4.69) is 31.2 Å². The van der Waals surface area contributed by atoms with Gasteiger partial charge in [-0.25, -0.2) is 9.97 Å².